The van der Waals surface area contributed by atoms with Gasteiger partial charge in [-0.1, -0.05) is 29.8 Å². The molecule has 4 nitrogen and oxygen atoms in total. The van der Waals surface area contributed by atoms with Crippen LogP contribution in [0.4, 0.5) is 0 Å². The molecule has 118 valence electrons. The Morgan fingerprint density at radius 1 is 1.23 bits per heavy atom. The Labute approximate surface area is 136 Å². The van der Waals surface area contributed by atoms with Crippen molar-refractivity contribution < 1.29 is 4.79 Å². The lowest BCUT2D eigenvalue weighted by molar-refractivity contribution is -0.120. The van der Waals surface area contributed by atoms with Crippen molar-refractivity contribution >= 4 is 17.2 Å². The van der Waals surface area contributed by atoms with Gasteiger partial charge < -0.3 is 10.2 Å². The van der Waals surface area contributed by atoms with Gasteiger partial charge in [0.2, 0.25) is 5.91 Å². The number of nitrogens with zero attached hydrogens (tertiary/aromatic N) is 2. The van der Waals surface area contributed by atoms with Gasteiger partial charge in [-0.2, -0.15) is 0 Å². The Morgan fingerprint density at radius 3 is 2.55 bits per heavy atom. The molecular weight excluding hydrogens is 294 g/mol. The molecule has 1 N–H and O–H groups in total. The zero-order chi connectivity index (χ0) is 16.1. The van der Waals surface area contributed by atoms with E-state index in [4.69, 9.17) is 0 Å². The van der Waals surface area contributed by atoms with E-state index in [2.05, 4.69) is 41.5 Å². The number of hydrogen-bond donors (Lipinski definition) is 1. The topological polar surface area (TPSA) is 45.2 Å². The highest BCUT2D eigenvalue weighted by Gasteiger charge is 2.12. The highest BCUT2D eigenvalue weighted by molar-refractivity contribution is 7.15. The summed E-state index contributed by atoms with van der Waals surface area (Å²) in [6.45, 7) is 5.56. The van der Waals surface area contributed by atoms with Crippen LogP contribution in [0.3, 0.4) is 0 Å². The van der Waals surface area contributed by atoms with Gasteiger partial charge in [0.25, 0.3) is 0 Å². The van der Waals surface area contributed by atoms with E-state index in [1.54, 1.807) is 11.3 Å². The minimum Gasteiger partial charge on any atom is -0.355 e. The third kappa shape index (κ3) is 4.64. The van der Waals surface area contributed by atoms with Crippen LogP contribution in [0.25, 0.3) is 10.6 Å². The second-order valence-corrected chi connectivity index (χ2v) is 6.81. The number of hydrogen-bond acceptors (Lipinski definition) is 4. The number of benzene rings is 1. The van der Waals surface area contributed by atoms with Crippen LogP contribution >= 0.6 is 11.3 Å². The molecule has 0 spiro atoms. The molecule has 0 unspecified atom stereocenters. The molecule has 2 aromatic rings. The summed E-state index contributed by atoms with van der Waals surface area (Å²) in [6, 6.07) is 8.32. The van der Waals surface area contributed by atoms with Crippen LogP contribution in [-0.4, -0.2) is 43.0 Å². The van der Waals surface area contributed by atoms with Crippen molar-refractivity contribution in [1.29, 1.82) is 0 Å². The fraction of sp³-hybridized carbons (Fsp3) is 0.412. The molecular formula is C17H23N3OS. The quantitative estimate of drug-likeness (QED) is 0.891. The summed E-state index contributed by atoms with van der Waals surface area (Å²) >= 11 is 1.60. The molecule has 0 saturated heterocycles. The van der Waals surface area contributed by atoms with Crippen LogP contribution < -0.4 is 5.32 Å². The highest BCUT2D eigenvalue weighted by atomic mass is 32.1. The largest absolute Gasteiger partial charge is 0.355 e. The van der Waals surface area contributed by atoms with Gasteiger partial charge in [-0.15, -0.1) is 11.3 Å². The minimum atomic E-state index is 0.0593. The molecule has 0 fully saturated rings. The summed E-state index contributed by atoms with van der Waals surface area (Å²) in [6.07, 6.45) is 0.406. The van der Waals surface area contributed by atoms with Crippen molar-refractivity contribution in [3.05, 3.63) is 40.4 Å². The Hall–Kier alpha value is -1.72. The van der Waals surface area contributed by atoms with Gasteiger partial charge in [-0.25, -0.2) is 4.98 Å². The molecule has 5 heteroatoms. The highest BCUT2D eigenvalue weighted by Crippen LogP contribution is 2.28. The second-order valence-electron chi connectivity index (χ2n) is 5.72. The third-order valence-corrected chi connectivity index (χ3v) is 4.60. The van der Waals surface area contributed by atoms with Crippen LogP contribution in [0, 0.1) is 13.8 Å². The van der Waals surface area contributed by atoms with Crippen molar-refractivity contribution in [2.24, 2.45) is 0 Å². The summed E-state index contributed by atoms with van der Waals surface area (Å²) in [5, 5.41) is 3.92. The van der Waals surface area contributed by atoms with Gasteiger partial charge in [-0.05, 0) is 27.9 Å². The number of amides is 1. The monoisotopic (exact) mass is 317 g/mol. The van der Waals surface area contributed by atoms with Gasteiger partial charge >= 0.3 is 0 Å². The number of nitrogens with one attached hydrogen (secondary N) is 1. The first-order valence-electron chi connectivity index (χ1n) is 7.40. The number of likely N-dealkylation sites (N-methyl/N-ethyl adjacent to an activating group) is 1. The summed E-state index contributed by atoms with van der Waals surface area (Å²) in [4.78, 5) is 19.7. The van der Waals surface area contributed by atoms with Gasteiger partial charge in [0.15, 0.2) is 0 Å². The summed E-state index contributed by atoms with van der Waals surface area (Å²) in [5.41, 5.74) is 3.29. The van der Waals surface area contributed by atoms with E-state index in [0.717, 1.165) is 27.7 Å². The molecule has 22 heavy (non-hydrogen) atoms. The number of carbonyl (C=O) groups excluding carboxylic acids is 1. The SMILES string of the molecule is Cc1ccc(-c2nc(C)c(CC(=O)NCCN(C)C)s2)cc1. The molecule has 1 aromatic carbocycles. The predicted octanol–water partition coefficient (Wildman–Crippen LogP) is 2.65. The van der Waals surface area contributed by atoms with Crippen molar-refractivity contribution in [1.82, 2.24) is 15.2 Å². The van der Waals surface area contributed by atoms with Crippen LogP contribution in [0.15, 0.2) is 24.3 Å². The van der Waals surface area contributed by atoms with E-state index in [-0.39, 0.29) is 5.91 Å². The standard InChI is InChI=1S/C17H23N3OS/c1-12-5-7-14(8-6-12)17-19-13(2)15(22-17)11-16(21)18-9-10-20(3)4/h5-8H,9-11H2,1-4H3,(H,18,21). The molecule has 0 aliphatic carbocycles. The van der Waals surface area contributed by atoms with E-state index >= 15 is 0 Å². The predicted molar refractivity (Wildman–Crippen MR) is 92.3 cm³/mol. The normalized spacial score (nSPS) is 11.0. The van der Waals surface area contributed by atoms with Crippen LogP contribution in [0.2, 0.25) is 0 Å². The molecule has 1 aromatic heterocycles. The Bertz CT molecular complexity index is 632. The van der Waals surface area contributed by atoms with Crippen molar-refractivity contribution in [2.75, 3.05) is 27.2 Å². The van der Waals surface area contributed by atoms with Crippen molar-refractivity contribution in [3.63, 3.8) is 0 Å². The molecule has 1 amide bonds. The fourth-order valence-corrected chi connectivity index (χ4v) is 3.11. The van der Waals surface area contributed by atoms with Gasteiger partial charge in [-0.3, -0.25) is 4.79 Å². The molecule has 0 aliphatic rings. The fourth-order valence-electron chi connectivity index (χ4n) is 2.04. The Kier molecular flexibility index (Phi) is 5.69. The number of aromatic nitrogens is 1. The minimum absolute atomic E-state index is 0.0593. The molecule has 2 rings (SSSR count). The number of rotatable bonds is 6. The zero-order valence-electron chi connectivity index (χ0n) is 13.6. The Morgan fingerprint density at radius 2 is 1.91 bits per heavy atom. The first-order chi connectivity index (χ1) is 10.5. The van der Waals surface area contributed by atoms with Crippen LogP contribution in [0.1, 0.15) is 16.1 Å². The molecule has 0 saturated carbocycles. The van der Waals surface area contributed by atoms with E-state index in [0.29, 0.717) is 13.0 Å². The second kappa shape index (κ2) is 7.51. The average Bonchev–Trinajstić information content (AvgIpc) is 2.80. The van der Waals surface area contributed by atoms with E-state index < -0.39 is 0 Å². The maximum absolute atomic E-state index is 12.0. The van der Waals surface area contributed by atoms with Crippen LogP contribution in [0.5, 0.6) is 0 Å². The van der Waals surface area contributed by atoms with E-state index in [1.807, 2.05) is 25.9 Å². The number of thiazole rings is 1. The number of carbonyl (C=O) groups is 1. The molecule has 0 atom stereocenters. The molecule has 0 aliphatic heterocycles. The summed E-state index contributed by atoms with van der Waals surface area (Å²) in [7, 11) is 3.99. The van der Waals surface area contributed by atoms with Crippen LogP contribution in [-0.2, 0) is 11.2 Å². The smallest absolute Gasteiger partial charge is 0.225 e. The summed E-state index contributed by atoms with van der Waals surface area (Å²) < 4.78 is 0. The van der Waals surface area contributed by atoms with Gasteiger partial charge in [0.1, 0.15) is 5.01 Å². The third-order valence-electron chi connectivity index (χ3n) is 3.39. The van der Waals surface area contributed by atoms with E-state index in [9.17, 15) is 4.79 Å². The first-order valence-corrected chi connectivity index (χ1v) is 8.22. The lowest BCUT2D eigenvalue weighted by Gasteiger charge is -2.09. The average molecular weight is 317 g/mol. The zero-order valence-corrected chi connectivity index (χ0v) is 14.5. The summed E-state index contributed by atoms with van der Waals surface area (Å²) in [5.74, 6) is 0.0593. The van der Waals surface area contributed by atoms with Gasteiger partial charge in [0, 0.05) is 23.5 Å². The van der Waals surface area contributed by atoms with E-state index in [1.165, 1.54) is 5.56 Å². The molecule has 1 heterocycles. The van der Waals surface area contributed by atoms with Gasteiger partial charge in [0.05, 0.1) is 12.1 Å². The molecule has 0 radical (unpaired) electrons. The number of aryl methyl sites for hydroxylation is 2. The lowest BCUT2D eigenvalue weighted by atomic mass is 10.2. The van der Waals surface area contributed by atoms with Crippen molar-refractivity contribution in [2.45, 2.75) is 20.3 Å². The van der Waals surface area contributed by atoms with Crippen molar-refractivity contribution in [3.8, 4) is 10.6 Å². The molecule has 0 bridgehead atoms. The Balaban J connectivity index is 2.00. The first kappa shape index (κ1) is 16.6. The maximum atomic E-state index is 12.0. The maximum Gasteiger partial charge on any atom is 0.225 e. The lowest BCUT2D eigenvalue weighted by Crippen LogP contribution is -2.32.